The van der Waals surface area contributed by atoms with Gasteiger partial charge < -0.3 is 11.1 Å². The fraction of sp³-hybridized carbons (Fsp3) is 0.500. The average molecular weight is 200 g/mol. The molecule has 3 N–H and O–H groups in total. The Morgan fingerprint density at radius 2 is 2.00 bits per heavy atom. The molecule has 0 unspecified atom stereocenters. The molecule has 0 amide bonds. The summed E-state index contributed by atoms with van der Waals surface area (Å²) in [6.07, 6.45) is 2.30. The van der Waals surface area contributed by atoms with Crippen molar-refractivity contribution in [2.75, 3.05) is 17.6 Å². The number of hydrogen-bond acceptors (Lipinski definition) is 4. The third kappa shape index (κ3) is 1.64. The predicted octanol–water partition coefficient (Wildman–Crippen LogP) is 2.82. The molecule has 0 atom stereocenters. The fourth-order valence-corrected chi connectivity index (χ4v) is 1.47. The van der Waals surface area contributed by atoms with Gasteiger partial charge in [-0.25, -0.2) is 0 Å². The molecule has 0 saturated heterocycles. The van der Waals surface area contributed by atoms with E-state index in [9.17, 15) is 0 Å². The SMILES string of the molecule is CCCCNc1c(N)c(=S)c1=S. The van der Waals surface area contributed by atoms with Crippen LogP contribution in [0.2, 0.25) is 0 Å². The van der Waals surface area contributed by atoms with E-state index in [1.54, 1.807) is 0 Å². The number of hydrogen-bond donors (Lipinski definition) is 2. The Labute approximate surface area is 82.5 Å². The summed E-state index contributed by atoms with van der Waals surface area (Å²) in [4.78, 5) is 0. The van der Waals surface area contributed by atoms with E-state index >= 15 is 0 Å². The Kier molecular flexibility index (Phi) is 3.17. The lowest BCUT2D eigenvalue weighted by Gasteiger charge is -2.11. The molecule has 0 aliphatic carbocycles. The van der Waals surface area contributed by atoms with Gasteiger partial charge in [0.25, 0.3) is 0 Å². The van der Waals surface area contributed by atoms with Crippen LogP contribution >= 0.6 is 24.4 Å². The van der Waals surface area contributed by atoms with Crippen LogP contribution in [0.25, 0.3) is 0 Å². The van der Waals surface area contributed by atoms with Gasteiger partial charge in [-0.2, -0.15) is 0 Å². The first-order valence-corrected chi connectivity index (χ1v) is 4.82. The first-order valence-electron chi connectivity index (χ1n) is 4.01. The van der Waals surface area contributed by atoms with Gasteiger partial charge >= 0.3 is 0 Å². The van der Waals surface area contributed by atoms with Crippen molar-refractivity contribution in [3.05, 3.63) is 9.02 Å². The minimum Gasteiger partial charge on any atom is -0.396 e. The zero-order valence-corrected chi connectivity index (χ0v) is 8.65. The first-order chi connectivity index (χ1) is 5.68. The standard InChI is InChI=1S/C8H12N2S2/c1-2-3-4-10-6-5(9)7(11)8(6)12/h10H,2-4,9H2,1H3. The molecule has 0 aromatic heterocycles. The molecule has 1 aromatic carbocycles. The molecule has 0 bridgehead atoms. The van der Waals surface area contributed by atoms with Crippen LogP contribution in [0.3, 0.4) is 0 Å². The van der Waals surface area contributed by atoms with Crippen molar-refractivity contribution in [1.29, 1.82) is 0 Å². The van der Waals surface area contributed by atoms with E-state index in [2.05, 4.69) is 12.2 Å². The van der Waals surface area contributed by atoms with Gasteiger partial charge in [-0.15, -0.1) is 0 Å². The highest BCUT2D eigenvalue weighted by atomic mass is 32.1. The van der Waals surface area contributed by atoms with Gasteiger partial charge in [0.15, 0.2) is 0 Å². The van der Waals surface area contributed by atoms with Gasteiger partial charge in [0, 0.05) is 6.54 Å². The van der Waals surface area contributed by atoms with Crippen LogP contribution in [0, 0.1) is 9.02 Å². The minimum absolute atomic E-state index is 0.643. The van der Waals surface area contributed by atoms with Gasteiger partial charge in [-0.05, 0) is 6.42 Å². The number of nitrogens with two attached hydrogens (primary N) is 1. The quantitative estimate of drug-likeness (QED) is 0.579. The summed E-state index contributed by atoms with van der Waals surface area (Å²) in [5, 5.41) is 3.18. The molecule has 4 heteroatoms. The van der Waals surface area contributed by atoms with Gasteiger partial charge in [0.1, 0.15) is 0 Å². The molecule has 1 aromatic rings. The Morgan fingerprint density at radius 3 is 2.50 bits per heavy atom. The molecule has 0 saturated carbocycles. The summed E-state index contributed by atoms with van der Waals surface area (Å²) in [5.74, 6) is 0. The number of nitrogen functional groups attached to an aromatic ring is 1. The lowest BCUT2D eigenvalue weighted by molar-refractivity contribution is 0.834. The Hall–Kier alpha value is -0.480. The van der Waals surface area contributed by atoms with Crippen molar-refractivity contribution in [3.63, 3.8) is 0 Å². The van der Waals surface area contributed by atoms with Gasteiger partial charge in [-0.1, -0.05) is 37.8 Å². The van der Waals surface area contributed by atoms with Gasteiger partial charge in [0.2, 0.25) is 0 Å². The van der Waals surface area contributed by atoms with E-state index in [-0.39, 0.29) is 0 Å². The molecule has 66 valence electrons. The maximum absolute atomic E-state index is 5.63. The molecule has 1 rings (SSSR count). The Morgan fingerprint density at radius 1 is 1.33 bits per heavy atom. The second kappa shape index (κ2) is 3.96. The minimum atomic E-state index is 0.643. The molecule has 12 heavy (non-hydrogen) atoms. The topological polar surface area (TPSA) is 38.0 Å². The van der Waals surface area contributed by atoms with E-state index in [1.165, 1.54) is 0 Å². The third-order valence-corrected chi connectivity index (χ3v) is 2.74. The molecular weight excluding hydrogens is 188 g/mol. The smallest absolute Gasteiger partial charge is 0.0832 e. The van der Waals surface area contributed by atoms with Crippen molar-refractivity contribution in [3.8, 4) is 0 Å². The van der Waals surface area contributed by atoms with Crippen LogP contribution in [-0.2, 0) is 0 Å². The fourth-order valence-electron chi connectivity index (χ4n) is 0.975. The van der Waals surface area contributed by atoms with Crippen molar-refractivity contribution < 1.29 is 0 Å². The number of anilines is 2. The van der Waals surface area contributed by atoms with Crippen LogP contribution in [0.4, 0.5) is 11.4 Å². The maximum Gasteiger partial charge on any atom is 0.0832 e. The molecule has 0 aliphatic rings. The monoisotopic (exact) mass is 200 g/mol. The normalized spacial score (nSPS) is 10.4. The molecule has 0 fully saturated rings. The van der Waals surface area contributed by atoms with Crippen molar-refractivity contribution in [1.82, 2.24) is 0 Å². The van der Waals surface area contributed by atoms with Gasteiger partial charge in [-0.3, -0.25) is 0 Å². The summed E-state index contributed by atoms with van der Waals surface area (Å²) in [5.41, 5.74) is 7.16. The average Bonchev–Trinajstić information content (AvgIpc) is 2.11. The highest BCUT2D eigenvalue weighted by Crippen LogP contribution is 2.28. The van der Waals surface area contributed by atoms with Crippen molar-refractivity contribution in [2.24, 2.45) is 0 Å². The molecule has 0 aliphatic heterocycles. The Bertz CT molecular complexity index is 337. The molecular formula is C8H12N2S2. The molecule has 2 nitrogen and oxygen atoms in total. The van der Waals surface area contributed by atoms with Crippen LogP contribution in [-0.4, -0.2) is 6.54 Å². The summed E-state index contributed by atoms with van der Waals surface area (Å²) in [7, 11) is 0. The van der Waals surface area contributed by atoms with Gasteiger partial charge in [0.05, 0.1) is 20.4 Å². The van der Waals surface area contributed by atoms with Crippen LogP contribution in [0.1, 0.15) is 19.8 Å². The van der Waals surface area contributed by atoms with Crippen molar-refractivity contribution in [2.45, 2.75) is 19.8 Å². The molecule has 0 radical (unpaired) electrons. The molecule has 0 spiro atoms. The van der Waals surface area contributed by atoms with E-state index < -0.39 is 0 Å². The zero-order valence-electron chi connectivity index (χ0n) is 7.02. The van der Waals surface area contributed by atoms with Crippen LogP contribution < -0.4 is 11.1 Å². The zero-order chi connectivity index (χ0) is 9.14. The molecule has 0 heterocycles. The highest BCUT2D eigenvalue weighted by Gasteiger charge is 2.09. The lowest BCUT2D eigenvalue weighted by atomic mass is 10.2. The highest BCUT2D eigenvalue weighted by molar-refractivity contribution is 7.74. The van der Waals surface area contributed by atoms with E-state index in [0.717, 1.165) is 29.6 Å². The van der Waals surface area contributed by atoms with E-state index in [4.69, 9.17) is 30.2 Å². The summed E-state index contributed by atoms with van der Waals surface area (Å²) >= 11 is 9.93. The number of rotatable bonds is 4. The summed E-state index contributed by atoms with van der Waals surface area (Å²) in [6, 6.07) is 0. The summed E-state index contributed by atoms with van der Waals surface area (Å²) in [6.45, 7) is 3.07. The second-order valence-corrected chi connectivity index (χ2v) is 3.54. The lowest BCUT2D eigenvalue weighted by Crippen LogP contribution is -2.07. The maximum atomic E-state index is 5.63. The van der Waals surface area contributed by atoms with Crippen LogP contribution in [0.5, 0.6) is 0 Å². The summed E-state index contributed by atoms with van der Waals surface area (Å²) < 4.78 is 1.36. The first kappa shape index (κ1) is 9.61. The number of nitrogens with one attached hydrogen (secondary N) is 1. The second-order valence-electron chi connectivity index (χ2n) is 2.73. The van der Waals surface area contributed by atoms with E-state index in [0.29, 0.717) is 10.2 Å². The Balaban J connectivity index is 2.55. The predicted molar refractivity (Wildman–Crippen MR) is 58.3 cm³/mol. The van der Waals surface area contributed by atoms with Crippen LogP contribution in [0.15, 0.2) is 0 Å². The largest absolute Gasteiger partial charge is 0.396 e. The third-order valence-electron chi connectivity index (χ3n) is 1.78. The number of unbranched alkanes of at least 4 members (excludes halogenated alkanes) is 1. The van der Waals surface area contributed by atoms with Crippen molar-refractivity contribution >= 4 is 35.8 Å². The van der Waals surface area contributed by atoms with E-state index in [1.807, 2.05) is 0 Å².